The van der Waals surface area contributed by atoms with E-state index in [-0.39, 0.29) is 17.3 Å². The van der Waals surface area contributed by atoms with Crippen LogP contribution in [0.5, 0.6) is 11.5 Å². The van der Waals surface area contributed by atoms with E-state index in [1.165, 1.54) is 36.1 Å². The molecule has 1 atom stereocenters. The van der Waals surface area contributed by atoms with Crippen molar-refractivity contribution in [3.05, 3.63) is 137 Å². The first-order chi connectivity index (χ1) is 20.9. The first kappa shape index (κ1) is 26.7. The van der Waals surface area contributed by atoms with Crippen molar-refractivity contribution in [3.63, 3.8) is 0 Å². The molecule has 0 amide bonds. The average molecular weight is 592 g/mol. The van der Waals surface area contributed by atoms with Gasteiger partial charge in [0, 0.05) is 17.7 Å². The van der Waals surface area contributed by atoms with E-state index in [2.05, 4.69) is 12.1 Å². The number of hydrogen-bond acceptors (Lipinski definition) is 8. The van der Waals surface area contributed by atoms with E-state index in [0.29, 0.717) is 32.2 Å². The highest BCUT2D eigenvalue weighted by Gasteiger charge is 2.32. The lowest BCUT2D eigenvalue weighted by Gasteiger charge is -2.31. The number of fused-ring (bicyclic) bond motifs is 3. The van der Waals surface area contributed by atoms with E-state index in [4.69, 9.17) is 18.9 Å². The Morgan fingerprint density at radius 3 is 2.67 bits per heavy atom. The molecule has 0 fully saturated rings. The highest BCUT2D eigenvalue weighted by molar-refractivity contribution is 7.07. The number of allylic oxidation sites excluding steroid dienone is 1. The monoisotopic (exact) mass is 591 g/mol. The number of nitro groups is 1. The van der Waals surface area contributed by atoms with Crippen LogP contribution in [-0.2, 0) is 6.42 Å². The van der Waals surface area contributed by atoms with E-state index >= 15 is 0 Å². The topological polar surface area (TPSA) is 109 Å². The van der Waals surface area contributed by atoms with Crippen LogP contribution in [0, 0.1) is 10.1 Å². The van der Waals surface area contributed by atoms with Crippen molar-refractivity contribution in [3.8, 4) is 22.8 Å². The Bertz CT molecular complexity index is 2140. The molecule has 2 aliphatic rings. The van der Waals surface area contributed by atoms with Crippen molar-refractivity contribution >= 4 is 28.8 Å². The Labute approximate surface area is 249 Å². The largest absolute Gasteiger partial charge is 0.497 e. The number of ether oxygens (including phenoxy) is 2. The lowest BCUT2D eigenvalue weighted by Crippen LogP contribution is -2.38. The van der Waals surface area contributed by atoms with E-state index in [9.17, 15) is 14.9 Å². The number of thiazole rings is 1. The smallest absolute Gasteiger partial charge is 0.273 e. The number of aromatic nitrogens is 1. The third-order valence-corrected chi connectivity index (χ3v) is 8.83. The third-order valence-electron chi connectivity index (χ3n) is 7.84. The van der Waals surface area contributed by atoms with Crippen LogP contribution in [-0.4, -0.2) is 23.7 Å². The van der Waals surface area contributed by atoms with E-state index < -0.39 is 4.92 Å². The van der Waals surface area contributed by atoms with Crippen LogP contribution in [0.15, 0.2) is 98.6 Å². The second kappa shape index (κ2) is 10.6. The first-order valence-electron chi connectivity index (χ1n) is 13.6. The molecule has 0 N–H and O–H groups in total. The van der Waals surface area contributed by atoms with Crippen LogP contribution in [0.1, 0.15) is 34.9 Å². The van der Waals surface area contributed by atoms with Gasteiger partial charge in [0.2, 0.25) is 0 Å². The molecule has 2 aromatic heterocycles. The normalized spacial score (nSPS) is 15.8. The minimum absolute atomic E-state index is 0.0793. The van der Waals surface area contributed by atoms with E-state index in [0.717, 1.165) is 41.0 Å². The number of benzene rings is 3. The van der Waals surface area contributed by atoms with Crippen LogP contribution in [0.25, 0.3) is 23.1 Å². The van der Waals surface area contributed by atoms with Crippen LogP contribution in [0.3, 0.4) is 0 Å². The van der Waals surface area contributed by atoms with Crippen LogP contribution in [0.4, 0.5) is 5.69 Å². The van der Waals surface area contributed by atoms with Gasteiger partial charge in [0.05, 0.1) is 47.0 Å². The van der Waals surface area contributed by atoms with Gasteiger partial charge in [0.15, 0.2) is 4.80 Å². The Kier molecular flexibility index (Phi) is 6.55. The van der Waals surface area contributed by atoms with Crippen LogP contribution >= 0.6 is 11.3 Å². The molecule has 3 aromatic carbocycles. The van der Waals surface area contributed by atoms with Gasteiger partial charge in [0.1, 0.15) is 23.0 Å². The van der Waals surface area contributed by atoms with Gasteiger partial charge in [-0.2, -0.15) is 0 Å². The molecule has 0 saturated heterocycles. The predicted molar refractivity (Wildman–Crippen MR) is 163 cm³/mol. The maximum Gasteiger partial charge on any atom is 0.273 e. The average Bonchev–Trinajstić information content (AvgIpc) is 3.63. The van der Waals surface area contributed by atoms with E-state index in [1.807, 2.05) is 36.4 Å². The molecule has 0 saturated carbocycles. The van der Waals surface area contributed by atoms with Gasteiger partial charge in [0.25, 0.3) is 11.2 Å². The van der Waals surface area contributed by atoms with E-state index in [1.54, 1.807) is 36.0 Å². The second-order valence-corrected chi connectivity index (χ2v) is 11.2. The summed E-state index contributed by atoms with van der Waals surface area (Å²) in [6.45, 7) is 0. The Balaban J connectivity index is 1.37. The van der Waals surface area contributed by atoms with Crippen molar-refractivity contribution < 1.29 is 18.8 Å². The molecule has 7 rings (SSSR count). The van der Waals surface area contributed by atoms with Gasteiger partial charge >= 0.3 is 0 Å². The van der Waals surface area contributed by atoms with Gasteiger partial charge < -0.3 is 13.9 Å². The molecule has 0 spiro atoms. The summed E-state index contributed by atoms with van der Waals surface area (Å²) >= 11 is 1.32. The fourth-order valence-corrected chi connectivity index (χ4v) is 6.82. The molecular formula is C33H25N3O6S. The summed E-state index contributed by atoms with van der Waals surface area (Å²) in [6.07, 6.45) is 3.38. The molecule has 0 bridgehead atoms. The number of methoxy groups -OCH3 is 2. The Morgan fingerprint density at radius 1 is 1.00 bits per heavy atom. The SMILES string of the molecule is COc1cccc([C@@H]2C3=C(N=c4s/c(=C/c5ccc(-c6ccc([N+](=O)[O-])cc6OC)o5)c(=O)n42)c2ccccc2CC3)c1. The Hall–Kier alpha value is -5.22. The van der Waals surface area contributed by atoms with Crippen molar-refractivity contribution in [1.29, 1.82) is 0 Å². The quantitative estimate of drug-likeness (QED) is 0.191. The summed E-state index contributed by atoms with van der Waals surface area (Å²) in [5.41, 5.74) is 5.67. The number of nitrogens with zero attached hydrogens (tertiary/aromatic N) is 3. The van der Waals surface area contributed by atoms with Gasteiger partial charge in [-0.3, -0.25) is 19.5 Å². The summed E-state index contributed by atoms with van der Waals surface area (Å²) in [4.78, 5) is 30.5. The zero-order valence-electron chi connectivity index (χ0n) is 23.3. The lowest BCUT2D eigenvalue weighted by molar-refractivity contribution is -0.384. The lowest BCUT2D eigenvalue weighted by atomic mass is 9.83. The number of non-ortho nitro benzene ring substituents is 1. The summed E-state index contributed by atoms with van der Waals surface area (Å²) in [6, 6.07) is 23.7. The standard InChI is InChI=1S/C33H25N3O6S/c1-40-22-8-5-7-20(16-22)31-26-13-10-19-6-3-4-9-24(19)30(26)34-33-35(31)32(37)29(43-33)18-23-12-15-27(42-23)25-14-11-21(36(38)39)17-28(25)41-2/h3-9,11-12,14-18,31H,10,13H2,1-2H3/b29-18+/t31-/m1/s1. The van der Waals surface area contributed by atoms with Crippen molar-refractivity contribution in [2.75, 3.05) is 14.2 Å². The molecular weight excluding hydrogens is 566 g/mol. The van der Waals surface area contributed by atoms with Gasteiger partial charge in [-0.05, 0) is 59.9 Å². The fraction of sp³-hybridized carbons (Fsp3) is 0.152. The minimum atomic E-state index is -0.477. The Morgan fingerprint density at radius 2 is 1.86 bits per heavy atom. The molecule has 3 heterocycles. The number of nitro benzene ring substituents is 1. The first-order valence-corrected chi connectivity index (χ1v) is 14.5. The molecule has 5 aromatic rings. The highest BCUT2D eigenvalue weighted by Crippen LogP contribution is 2.41. The maximum absolute atomic E-state index is 14.1. The third kappa shape index (κ3) is 4.56. The minimum Gasteiger partial charge on any atom is -0.497 e. The molecule has 214 valence electrons. The fourth-order valence-electron chi connectivity index (χ4n) is 5.84. The number of hydrogen-bond donors (Lipinski definition) is 0. The summed E-state index contributed by atoms with van der Waals surface area (Å²) in [5, 5.41) is 11.2. The summed E-state index contributed by atoms with van der Waals surface area (Å²) in [5.74, 6) is 1.97. The molecule has 9 nitrogen and oxygen atoms in total. The van der Waals surface area contributed by atoms with Crippen molar-refractivity contribution in [1.82, 2.24) is 4.57 Å². The molecule has 0 radical (unpaired) electrons. The predicted octanol–water partition coefficient (Wildman–Crippen LogP) is 5.50. The van der Waals surface area contributed by atoms with Crippen molar-refractivity contribution in [2.24, 2.45) is 4.99 Å². The molecule has 0 unspecified atom stereocenters. The summed E-state index contributed by atoms with van der Waals surface area (Å²) in [7, 11) is 3.08. The zero-order valence-corrected chi connectivity index (χ0v) is 24.1. The molecule has 1 aliphatic carbocycles. The van der Waals surface area contributed by atoms with Crippen molar-refractivity contribution in [2.45, 2.75) is 18.9 Å². The molecule has 10 heteroatoms. The molecule has 43 heavy (non-hydrogen) atoms. The number of furan rings is 1. The van der Waals surface area contributed by atoms with Gasteiger partial charge in [-0.1, -0.05) is 47.7 Å². The molecule has 1 aliphatic heterocycles. The second-order valence-electron chi connectivity index (χ2n) is 10.2. The summed E-state index contributed by atoms with van der Waals surface area (Å²) < 4.78 is 19.3. The van der Waals surface area contributed by atoms with Crippen LogP contribution < -0.4 is 24.4 Å². The van der Waals surface area contributed by atoms with Gasteiger partial charge in [-0.25, -0.2) is 4.99 Å². The van der Waals surface area contributed by atoms with Gasteiger partial charge in [-0.15, -0.1) is 0 Å². The number of rotatable bonds is 6. The highest BCUT2D eigenvalue weighted by atomic mass is 32.1. The van der Waals surface area contributed by atoms with Crippen LogP contribution in [0.2, 0.25) is 0 Å². The number of aryl methyl sites for hydroxylation is 1. The maximum atomic E-state index is 14.1. The zero-order chi connectivity index (χ0) is 29.7.